The van der Waals surface area contributed by atoms with Crippen LogP contribution in [0.1, 0.15) is 16.8 Å². The highest BCUT2D eigenvalue weighted by Crippen LogP contribution is 2.23. The number of nitriles is 2. The summed E-state index contributed by atoms with van der Waals surface area (Å²) in [5.74, 6) is -1.23. The number of hydrogen-bond donors (Lipinski definition) is 0. The van der Waals surface area contributed by atoms with Crippen molar-refractivity contribution in [2.24, 2.45) is 5.92 Å². The fourth-order valence-electron chi connectivity index (χ4n) is 1.09. The van der Waals surface area contributed by atoms with Crippen LogP contribution in [0.2, 0.25) is 10.0 Å². The fourth-order valence-corrected chi connectivity index (χ4v) is 1.39. The molecule has 0 fully saturated rings. The Kier molecular flexibility index (Phi) is 4.31. The van der Waals surface area contributed by atoms with E-state index in [0.29, 0.717) is 10.6 Å². The summed E-state index contributed by atoms with van der Waals surface area (Å²) in [6.45, 7) is 0. The molecule has 16 heavy (non-hydrogen) atoms. The van der Waals surface area contributed by atoms with Crippen LogP contribution in [0, 0.1) is 28.6 Å². The zero-order chi connectivity index (χ0) is 12.1. The zero-order valence-electron chi connectivity index (χ0n) is 8.08. The third kappa shape index (κ3) is 2.97. The molecule has 0 N–H and O–H groups in total. The molecular weight excluding hydrogens is 247 g/mol. The summed E-state index contributed by atoms with van der Waals surface area (Å²) in [5.41, 5.74) is 0.352. The van der Waals surface area contributed by atoms with Crippen LogP contribution in [-0.4, -0.2) is 5.78 Å². The number of rotatable bonds is 3. The lowest BCUT2D eigenvalue weighted by atomic mass is 10.0. The molecule has 0 bridgehead atoms. The van der Waals surface area contributed by atoms with Crippen LogP contribution in [-0.2, 0) is 0 Å². The second-order valence-electron chi connectivity index (χ2n) is 3.07. The highest BCUT2D eigenvalue weighted by molar-refractivity contribution is 6.42. The normalized spacial score (nSPS) is 9.56. The summed E-state index contributed by atoms with van der Waals surface area (Å²) in [7, 11) is 0. The maximum Gasteiger partial charge on any atom is 0.165 e. The number of hydrogen-bond acceptors (Lipinski definition) is 3. The molecule has 0 heterocycles. The van der Waals surface area contributed by atoms with Crippen LogP contribution in [0.25, 0.3) is 0 Å². The van der Waals surface area contributed by atoms with E-state index in [1.807, 2.05) is 0 Å². The first-order chi connectivity index (χ1) is 7.58. The van der Waals surface area contributed by atoms with E-state index < -0.39 is 5.92 Å². The van der Waals surface area contributed by atoms with Crippen LogP contribution in [0.15, 0.2) is 18.2 Å². The van der Waals surface area contributed by atoms with Crippen molar-refractivity contribution in [3.8, 4) is 12.1 Å². The van der Waals surface area contributed by atoms with E-state index in [0.717, 1.165) is 0 Å². The highest BCUT2D eigenvalue weighted by atomic mass is 35.5. The number of halogens is 2. The molecule has 0 unspecified atom stereocenters. The number of nitrogens with zero attached hydrogens (tertiary/aromatic N) is 2. The third-order valence-electron chi connectivity index (χ3n) is 1.94. The third-order valence-corrected chi connectivity index (χ3v) is 2.68. The quantitative estimate of drug-likeness (QED) is 0.776. The molecule has 0 amide bonds. The molecular formula is C11H6Cl2N2O. The fraction of sp³-hybridized carbons (Fsp3) is 0.182. The number of Topliss-reactive ketones (excluding diaryl/α,β-unsaturated/α-hetero) is 1. The Balaban J connectivity index is 2.87. The minimum absolute atomic E-state index is 0.134. The molecule has 0 aliphatic heterocycles. The molecule has 0 aliphatic carbocycles. The first-order valence-corrected chi connectivity index (χ1v) is 5.11. The van der Waals surface area contributed by atoms with Gasteiger partial charge in [-0.05, 0) is 18.2 Å². The molecule has 0 spiro atoms. The maximum absolute atomic E-state index is 11.6. The van der Waals surface area contributed by atoms with Crippen molar-refractivity contribution in [2.45, 2.75) is 6.42 Å². The summed E-state index contributed by atoms with van der Waals surface area (Å²) in [6.07, 6.45) is -0.134. The number of benzene rings is 1. The molecule has 1 aromatic carbocycles. The molecule has 0 aliphatic rings. The SMILES string of the molecule is N#CC(C#N)CC(=O)c1ccc(Cl)c(Cl)c1. The lowest BCUT2D eigenvalue weighted by molar-refractivity contribution is 0.0976. The molecule has 1 rings (SSSR count). The topological polar surface area (TPSA) is 64.7 Å². The van der Waals surface area contributed by atoms with Gasteiger partial charge in [-0.2, -0.15) is 10.5 Å². The highest BCUT2D eigenvalue weighted by Gasteiger charge is 2.14. The first-order valence-electron chi connectivity index (χ1n) is 4.36. The van der Waals surface area contributed by atoms with Gasteiger partial charge in [0, 0.05) is 12.0 Å². The molecule has 1 aromatic rings. The standard InChI is InChI=1S/C11H6Cl2N2O/c12-9-2-1-8(4-10(9)13)11(16)3-7(5-14)6-15/h1-2,4,7H,3H2. The Morgan fingerprint density at radius 2 is 1.88 bits per heavy atom. The summed E-state index contributed by atoms with van der Waals surface area (Å²) in [4.78, 5) is 11.6. The van der Waals surface area contributed by atoms with Crippen molar-refractivity contribution in [1.82, 2.24) is 0 Å². The van der Waals surface area contributed by atoms with Gasteiger partial charge in [0.05, 0.1) is 22.2 Å². The van der Waals surface area contributed by atoms with E-state index in [9.17, 15) is 4.79 Å². The van der Waals surface area contributed by atoms with E-state index in [1.54, 1.807) is 12.1 Å². The molecule has 0 aromatic heterocycles. The maximum atomic E-state index is 11.6. The molecule has 0 saturated heterocycles. The van der Waals surface area contributed by atoms with Crippen molar-refractivity contribution in [3.05, 3.63) is 33.8 Å². The van der Waals surface area contributed by atoms with Crippen molar-refractivity contribution in [2.75, 3.05) is 0 Å². The minimum atomic E-state index is -0.929. The predicted octanol–water partition coefficient (Wildman–Crippen LogP) is 3.23. The van der Waals surface area contributed by atoms with E-state index in [2.05, 4.69) is 0 Å². The van der Waals surface area contributed by atoms with Crippen LogP contribution in [0.5, 0.6) is 0 Å². The van der Waals surface area contributed by atoms with E-state index in [4.69, 9.17) is 33.7 Å². The monoisotopic (exact) mass is 252 g/mol. The van der Waals surface area contributed by atoms with Crippen molar-refractivity contribution < 1.29 is 4.79 Å². The minimum Gasteiger partial charge on any atom is -0.294 e. The summed E-state index contributed by atoms with van der Waals surface area (Å²) in [6, 6.07) is 7.92. The number of carbonyl (C=O) groups is 1. The summed E-state index contributed by atoms with van der Waals surface area (Å²) < 4.78 is 0. The molecule has 5 heteroatoms. The van der Waals surface area contributed by atoms with Crippen LogP contribution in [0.4, 0.5) is 0 Å². The lowest BCUT2D eigenvalue weighted by Gasteiger charge is -2.02. The Morgan fingerprint density at radius 3 is 2.38 bits per heavy atom. The smallest absolute Gasteiger partial charge is 0.165 e. The van der Waals surface area contributed by atoms with Crippen molar-refractivity contribution in [1.29, 1.82) is 10.5 Å². The van der Waals surface area contributed by atoms with E-state index in [1.165, 1.54) is 18.2 Å². The first kappa shape index (κ1) is 12.5. The van der Waals surface area contributed by atoms with Gasteiger partial charge < -0.3 is 0 Å². The van der Waals surface area contributed by atoms with Crippen LogP contribution < -0.4 is 0 Å². The van der Waals surface area contributed by atoms with Gasteiger partial charge in [0.2, 0.25) is 0 Å². The van der Waals surface area contributed by atoms with Crippen LogP contribution >= 0.6 is 23.2 Å². The molecule has 80 valence electrons. The van der Waals surface area contributed by atoms with Gasteiger partial charge in [0.25, 0.3) is 0 Å². The van der Waals surface area contributed by atoms with Gasteiger partial charge in [-0.25, -0.2) is 0 Å². The van der Waals surface area contributed by atoms with E-state index in [-0.39, 0.29) is 17.2 Å². The Labute approximate surface area is 103 Å². The van der Waals surface area contributed by atoms with Crippen molar-refractivity contribution in [3.63, 3.8) is 0 Å². The Bertz CT molecular complexity index is 486. The number of ketones is 1. The summed E-state index contributed by atoms with van der Waals surface area (Å²) in [5, 5.41) is 17.7. The average Bonchev–Trinajstić information content (AvgIpc) is 2.29. The molecule has 3 nitrogen and oxygen atoms in total. The number of carbonyl (C=O) groups excluding carboxylic acids is 1. The van der Waals surface area contributed by atoms with E-state index >= 15 is 0 Å². The van der Waals surface area contributed by atoms with Crippen LogP contribution in [0.3, 0.4) is 0 Å². The second kappa shape index (κ2) is 5.51. The molecule has 0 saturated carbocycles. The summed E-state index contributed by atoms with van der Waals surface area (Å²) >= 11 is 11.4. The Morgan fingerprint density at radius 1 is 1.25 bits per heavy atom. The second-order valence-corrected chi connectivity index (χ2v) is 3.88. The van der Waals surface area contributed by atoms with Gasteiger partial charge in [-0.3, -0.25) is 4.79 Å². The van der Waals surface area contributed by atoms with Gasteiger partial charge in [-0.15, -0.1) is 0 Å². The Hall–Kier alpha value is -1.55. The average molecular weight is 253 g/mol. The van der Waals surface area contributed by atoms with Crippen molar-refractivity contribution >= 4 is 29.0 Å². The van der Waals surface area contributed by atoms with Gasteiger partial charge >= 0.3 is 0 Å². The van der Waals surface area contributed by atoms with Gasteiger partial charge in [0.1, 0.15) is 5.92 Å². The molecule has 0 atom stereocenters. The van der Waals surface area contributed by atoms with Gasteiger partial charge in [-0.1, -0.05) is 23.2 Å². The lowest BCUT2D eigenvalue weighted by Crippen LogP contribution is -2.05. The largest absolute Gasteiger partial charge is 0.294 e. The predicted molar refractivity (Wildman–Crippen MR) is 60.1 cm³/mol. The molecule has 0 radical (unpaired) electrons. The zero-order valence-corrected chi connectivity index (χ0v) is 9.59. The van der Waals surface area contributed by atoms with Gasteiger partial charge in [0.15, 0.2) is 5.78 Å².